The monoisotopic (exact) mass is 1610 g/mol. The molecule has 113 heavy (non-hydrogen) atoms. The van der Waals surface area contributed by atoms with Gasteiger partial charge in [-0.05, 0) is 64.2 Å². The number of allylic oxidation sites excluding steroid dienone is 7. The molecule has 0 aliphatic carbocycles. The van der Waals surface area contributed by atoms with Crippen LogP contribution >= 0.6 is 0 Å². The van der Waals surface area contributed by atoms with Crippen LogP contribution in [-0.4, -0.2) is 193 Å². The molecular formula is C94H175NO18. The van der Waals surface area contributed by atoms with Crippen molar-refractivity contribution in [3.8, 4) is 0 Å². The number of aliphatic hydroxyl groups excluding tert-OH is 11. The van der Waals surface area contributed by atoms with Crippen molar-refractivity contribution in [2.45, 2.75) is 516 Å². The van der Waals surface area contributed by atoms with E-state index in [4.69, 9.17) is 28.4 Å². The average molecular weight is 1610 g/mol. The van der Waals surface area contributed by atoms with Crippen molar-refractivity contribution in [1.29, 1.82) is 0 Å². The summed E-state index contributed by atoms with van der Waals surface area (Å²) < 4.78 is 34.5. The highest BCUT2D eigenvalue weighted by Gasteiger charge is 2.54. The Morgan fingerprint density at radius 1 is 0.319 bits per heavy atom. The minimum Gasteiger partial charge on any atom is -0.394 e. The molecule has 19 heteroatoms. The average Bonchev–Trinajstić information content (AvgIpc) is 0.779. The molecule has 12 N–H and O–H groups in total. The molecule has 0 aromatic rings. The summed E-state index contributed by atoms with van der Waals surface area (Å²) in [4.78, 5) is 13.5. The van der Waals surface area contributed by atoms with E-state index in [0.717, 1.165) is 44.9 Å². The lowest BCUT2D eigenvalue weighted by molar-refractivity contribution is -0.379. The summed E-state index contributed by atoms with van der Waals surface area (Å²) in [6.45, 7) is 1.78. The van der Waals surface area contributed by atoms with Gasteiger partial charge >= 0.3 is 0 Å². The molecule has 3 aliphatic heterocycles. The van der Waals surface area contributed by atoms with Crippen LogP contribution in [0.2, 0.25) is 0 Å². The van der Waals surface area contributed by atoms with Crippen LogP contribution in [0.5, 0.6) is 0 Å². The molecule has 19 nitrogen and oxygen atoms in total. The number of carbonyl (C=O) groups excluding carboxylic acids is 1. The quantitative estimate of drug-likeness (QED) is 0.0199. The SMILES string of the molecule is CCCCCCC/C=C\C/C=C\CCCCCCCCCCCCCCCCCCCCCCCCCCCC(=O)NC(COC1OC(CO)C(OC2OC(CO)C(OC3OC(CO)C(O)C(O)C3O)C(O)C2O)C(O)C1O)C(O)/C=C/CC/C=C/CCCCCCCCCCCCCCCCCCCCCCCCCCC. The zero-order chi connectivity index (χ0) is 81.7. The molecule has 0 aromatic carbocycles. The lowest BCUT2D eigenvalue weighted by Crippen LogP contribution is -2.66. The first kappa shape index (κ1) is 105. The van der Waals surface area contributed by atoms with Gasteiger partial charge in [0, 0.05) is 6.42 Å². The molecule has 17 unspecified atom stereocenters. The Morgan fingerprint density at radius 3 is 0.938 bits per heavy atom. The van der Waals surface area contributed by atoms with Crippen LogP contribution in [0.4, 0.5) is 0 Å². The van der Waals surface area contributed by atoms with Crippen LogP contribution in [-0.2, 0) is 33.2 Å². The van der Waals surface area contributed by atoms with E-state index in [9.17, 15) is 61.0 Å². The van der Waals surface area contributed by atoms with Crippen LogP contribution in [0.25, 0.3) is 0 Å². The van der Waals surface area contributed by atoms with Gasteiger partial charge in [0.25, 0.3) is 0 Å². The molecule has 3 rings (SSSR count). The molecule has 664 valence electrons. The predicted molar refractivity (Wildman–Crippen MR) is 457 cm³/mol. The Balaban J connectivity index is 1.31. The second kappa shape index (κ2) is 73.7. The zero-order valence-corrected chi connectivity index (χ0v) is 71.9. The van der Waals surface area contributed by atoms with Gasteiger partial charge < -0.3 is 89.9 Å². The fourth-order valence-corrected chi connectivity index (χ4v) is 16.1. The standard InChI is InChI=1S/C94H175NO18/c1-3-5-7-9-11-13-15-17-19-21-23-25-27-29-31-33-35-36-37-38-39-40-42-44-46-48-50-52-54-56-58-60-62-64-66-68-70-72-82(100)95-77(78(99)71-69-67-65-63-61-59-57-55-53-51-49-47-45-43-41-34-32-30-28-26-24-22-20-18-16-14-12-10-8-6-4-2)76-108-92-88(106)85(103)90(80(74-97)110-92)113-94-89(107)86(104)91(81(75-98)111-94)112-93-87(105)84(102)83(101)79(73-96)109-93/h15,17,21,23,61,63,69,71,77-81,83-94,96-99,101-107H,3-14,16,18-20,22,24-60,62,64-68,70,72-76H2,1-2H3,(H,95,100)/b17-15-,23-21-,63-61+,71-69+. The van der Waals surface area contributed by atoms with Gasteiger partial charge in [-0.3, -0.25) is 4.79 Å². The molecular weight excluding hydrogens is 1430 g/mol. The third kappa shape index (κ3) is 51.9. The highest BCUT2D eigenvalue weighted by Crippen LogP contribution is 2.34. The van der Waals surface area contributed by atoms with Gasteiger partial charge in [-0.1, -0.05) is 390 Å². The maximum Gasteiger partial charge on any atom is 0.220 e. The van der Waals surface area contributed by atoms with Crippen molar-refractivity contribution < 1.29 is 89.4 Å². The Kier molecular flexibility index (Phi) is 68.4. The number of aliphatic hydroxyl groups is 11. The number of hydrogen-bond acceptors (Lipinski definition) is 18. The summed E-state index contributed by atoms with van der Waals surface area (Å²) in [6.07, 6.45) is 70.0. The fourth-order valence-electron chi connectivity index (χ4n) is 16.1. The van der Waals surface area contributed by atoms with Crippen LogP contribution in [0.1, 0.15) is 412 Å². The molecule has 3 heterocycles. The van der Waals surface area contributed by atoms with E-state index in [-0.39, 0.29) is 18.9 Å². The Labute approximate surface area is 688 Å². The van der Waals surface area contributed by atoms with E-state index in [1.807, 2.05) is 6.08 Å². The zero-order valence-electron chi connectivity index (χ0n) is 71.9. The molecule has 1 amide bonds. The third-order valence-electron chi connectivity index (χ3n) is 23.6. The van der Waals surface area contributed by atoms with Gasteiger partial charge in [0.1, 0.15) is 73.2 Å². The normalized spacial score (nSPS) is 25.0. The number of carbonyl (C=O) groups is 1. The maximum absolute atomic E-state index is 13.5. The lowest BCUT2D eigenvalue weighted by Gasteiger charge is -2.48. The molecule has 0 radical (unpaired) electrons. The largest absolute Gasteiger partial charge is 0.394 e. The first-order valence-corrected chi connectivity index (χ1v) is 47.4. The highest BCUT2D eigenvalue weighted by molar-refractivity contribution is 5.76. The number of rotatable bonds is 78. The van der Waals surface area contributed by atoms with Gasteiger partial charge in [-0.2, -0.15) is 0 Å². The maximum atomic E-state index is 13.5. The van der Waals surface area contributed by atoms with Gasteiger partial charge in [0.2, 0.25) is 5.91 Å². The summed E-state index contributed by atoms with van der Waals surface area (Å²) in [5.74, 6) is -0.277. The second-order valence-electron chi connectivity index (χ2n) is 33.8. The predicted octanol–water partition coefficient (Wildman–Crippen LogP) is 18.7. The number of hydrogen-bond donors (Lipinski definition) is 12. The van der Waals surface area contributed by atoms with Crippen molar-refractivity contribution in [1.82, 2.24) is 5.32 Å². The summed E-state index contributed by atoms with van der Waals surface area (Å²) in [6, 6.07) is -0.992. The number of amides is 1. The topological polar surface area (TPSA) is 307 Å². The molecule has 3 saturated heterocycles. The minimum atomic E-state index is -1.98. The van der Waals surface area contributed by atoms with Gasteiger partial charge in [-0.25, -0.2) is 0 Å². The Bertz CT molecular complexity index is 2220. The smallest absolute Gasteiger partial charge is 0.220 e. The van der Waals surface area contributed by atoms with Crippen LogP contribution < -0.4 is 5.32 Å². The summed E-state index contributed by atoms with van der Waals surface area (Å²) >= 11 is 0. The van der Waals surface area contributed by atoms with E-state index >= 15 is 0 Å². The van der Waals surface area contributed by atoms with Crippen LogP contribution in [0.3, 0.4) is 0 Å². The van der Waals surface area contributed by atoms with Gasteiger partial charge in [-0.15, -0.1) is 0 Å². The van der Waals surface area contributed by atoms with Crippen molar-refractivity contribution in [3.63, 3.8) is 0 Å². The Hall–Kier alpha value is -2.25. The number of unbranched alkanes of at least 4 members (excludes halogenated alkanes) is 56. The molecule has 3 aliphatic rings. The third-order valence-corrected chi connectivity index (χ3v) is 23.6. The summed E-state index contributed by atoms with van der Waals surface area (Å²) in [7, 11) is 0. The van der Waals surface area contributed by atoms with E-state index in [0.29, 0.717) is 12.8 Å². The minimum absolute atomic E-state index is 0.239. The van der Waals surface area contributed by atoms with E-state index < -0.39 is 124 Å². The fraction of sp³-hybridized carbons (Fsp3) is 0.904. The molecule has 3 fully saturated rings. The second-order valence-corrected chi connectivity index (χ2v) is 33.8. The summed E-state index contributed by atoms with van der Waals surface area (Å²) in [5.41, 5.74) is 0. The van der Waals surface area contributed by atoms with Crippen LogP contribution in [0.15, 0.2) is 48.6 Å². The molecule has 17 atom stereocenters. The van der Waals surface area contributed by atoms with Gasteiger partial charge in [0.15, 0.2) is 18.9 Å². The molecule has 0 bridgehead atoms. The molecule has 0 aromatic heterocycles. The van der Waals surface area contributed by atoms with E-state index in [2.05, 4.69) is 55.6 Å². The summed E-state index contributed by atoms with van der Waals surface area (Å²) in [5, 5.41) is 121. The Morgan fingerprint density at radius 2 is 0.593 bits per heavy atom. The molecule has 0 spiro atoms. The van der Waals surface area contributed by atoms with Crippen molar-refractivity contribution >= 4 is 5.91 Å². The molecule has 0 saturated carbocycles. The first-order chi connectivity index (χ1) is 55.3. The number of nitrogens with one attached hydrogen (secondary N) is 1. The van der Waals surface area contributed by atoms with Crippen molar-refractivity contribution in [2.24, 2.45) is 0 Å². The van der Waals surface area contributed by atoms with E-state index in [1.54, 1.807) is 6.08 Å². The highest BCUT2D eigenvalue weighted by atomic mass is 16.8. The lowest BCUT2D eigenvalue weighted by atomic mass is 9.96. The van der Waals surface area contributed by atoms with Gasteiger partial charge in [0.05, 0.1) is 38.6 Å². The van der Waals surface area contributed by atoms with Crippen molar-refractivity contribution in [3.05, 3.63) is 48.6 Å². The van der Waals surface area contributed by atoms with E-state index in [1.165, 1.54) is 334 Å². The van der Waals surface area contributed by atoms with Crippen molar-refractivity contribution in [2.75, 3.05) is 26.4 Å². The first-order valence-electron chi connectivity index (χ1n) is 47.4. The van der Waals surface area contributed by atoms with Crippen LogP contribution in [0, 0.1) is 0 Å². The number of ether oxygens (including phenoxy) is 6.